The van der Waals surface area contributed by atoms with Crippen LogP contribution in [0.15, 0.2) is 48.5 Å². The Morgan fingerprint density at radius 1 is 1.14 bits per heavy atom. The fourth-order valence-corrected chi connectivity index (χ4v) is 4.11. The molecule has 0 radical (unpaired) electrons. The van der Waals surface area contributed by atoms with E-state index in [9.17, 15) is 14.7 Å². The summed E-state index contributed by atoms with van der Waals surface area (Å²) in [5, 5.41) is 16.4. The first kappa shape index (κ1) is 18.8. The summed E-state index contributed by atoms with van der Waals surface area (Å²) in [6.07, 6.45) is 1.000. The number of aromatic hydroxyl groups is 1. The minimum absolute atomic E-state index is 0.0448. The molecule has 0 unspecified atom stereocenters. The molecule has 4 rings (SSSR count). The molecule has 2 aliphatic rings. The molecule has 2 fully saturated rings. The summed E-state index contributed by atoms with van der Waals surface area (Å²) in [5.74, 6) is 0.0138. The van der Waals surface area contributed by atoms with Crippen LogP contribution in [0.3, 0.4) is 0 Å². The zero-order valence-electron chi connectivity index (χ0n) is 15.3. The lowest BCUT2D eigenvalue weighted by Crippen LogP contribution is -2.61. The van der Waals surface area contributed by atoms with Crippen molar-refractivity contribution in [3.63, 3.8) is 0 Å². The highest BCUT2D eigenvalue weighted by atomic mass is 35.5. The molecule has 3 N–H and O–H groups in total. The number of hydrogen-bond donors (Lipinski definition) is 3. The maximum absolute atomic E-state index is 12.9. The summed E-state index contributed by atoms with van der Waals surface area (Å²) in [6.45, 7) is 1.10. The molecule has 2 heterocycles. The third-order valence-corrected chi connectivity index (χ3v) is 5.79. The maximum atomic E-state index is 12.9. The van der Waals surface area contributed by atoms with Gasteiger partial charge in [-0.25, -0.2) is 0 Å². The molecule has 2 amide bonds. The summed E-state index contributed by atoms with van der Waals surface area (Å²) in [4.78, 5) is 27.2. The van der Waals surface area contributed by atoms with E-state index in [1.165, 1.54) is 0 Å². The second kappa shape index (κ2) is 7.81. The van der Waals surface area contributed by atoms with Crippen molar-refractivity contribution in [2.75, 3.05) is 6.54 Å². The lowest BCUT2D eigenvalue weighted by Gasteiger charge is -2.34. The number of piperazine rings is 1. The first-order valence-corrected chi connectivity index (χ1v) is 9.74. The van der Waals surface area contributed by atoms with E-state index in [1.54, 1.807) is 29.2 Å². The van der Waals surface area contributed by atoms with Crippen molar-refractivity contribution in [1.82, 2.24) is 15.5 Å². The van der Waals surface area contributed by atoms with Crippen molar-refractivity contribution < 1.29 is 14.7 Å². The van der Waals surface area contributed by atoms with Crippen LogP contribution in [0.2, 0.25) is 5.02 Å². The zero-order valence-corrected chi connectivity index (χ0v) is 16.0. The number of carbonyl (C=O) groups excluding carboxylic acids is 2. The fourth-order valence-electron chi connectivity index (χ4n) is 3.91. The third-order valence-electron chi connectivity index (χ3n) is 5.42. The molecule has 0 bridgehead atoms. The molecule has 0 aliphatic carbocycles. The molecule has 28 heavy (non-hydrogen) atoms. The molecule has 2 aliphatic heterocycles. The second-order valence-electron chi connectivity index (χ2n) is 7.34. The normalized spacial score (nSPS) is 24.2. The van der Waals surface area contributed by atoms with Crippen LogP contribution in [0, 0.1) is 0 Å². The number of nitrogens with zero attached hydrogens (tertiary/aromatic N) is 1. The summed E-state index contributed by atoms with van der Waals surface area (Å²) in [5.41, 5.74) is 1.89. The summed E-state index contributed by atoms with van der Waals surface area (Å²) >= 11 is 6.20. The van der Waals surface area contributed by atoms with Crippen LogP contribution in [0.1, 0.15) is 17.5 Å². The molecule has 2 aromatic rings. The van der Waals surface area contributed by atoms with Gasteiger partial charge in [0.1, 0.15) is 17.8 Å². The van der Waals surface area contributed by atoms with Crippen LogP contribution >= 0.6 is 11.6 Å². The first-order chi connectivity index (χ1) is 13.5. The average molecular weight is 400 g/mol. The topological polar surface area (TPSA) is 81.7 Å². The minimum atomic E-state index is -0.574. The van der Waals surface area contributed by atoms with Crippen molar-refractivity contribution in [3.8, 4) is 5.75 Å². The Morgan fingerprint density at radius 2 is 1.89 bits per heavy atom. The highest BCUT2D eigenvalue weighted by Crippen LogP contribution is 2.25. The van der Waals surface area contributed by atoms with Gasteiger partial charge < -0.3 is 20.6 Å². The van der Waals surface area contributed by atoms with Gasteiger partial charge in [0.15, 0.2) is 0 Å². The molecule has 2 aromatic carbocycles. The number of phenolic OH excluding ortho intramolecular Hbond substituents is 1. The number of amides is 2. The molecule has 0 spiro atoms. The molecule has 6 nitrogen and oxygen atoms in total. The van der Waals surface area contributed by atoms with Gasteiger partial charge in [-0.05, 0) is 35.7 Å². The SMILES string of the molecule is O=C1N[C@H](Cc2ccc(O)cc2)C(=O)N2C[C@@H](NCc3ccccc3Cl)C[C@@H]12. The molecule has 2 saturated heterocycles. The van der Waals surface area contributed by atoms with E-state index >= 15 is 0 Å². The van der Waals surface area contributed by atoms with Crippen LogP contribution in [0.25, 0.3) is 0 Å². The molecular formula is C21H22ClN3O3. The van der Waals surface area contributed by atoms with Gasteiger partial charge in [-0.2, -0.15) is 0 Å². The largest absolute Gasteiger partial charge is 0.508 e. The predicted molar refractivity (Wildman–Crippen MR) is 106 cm³/mol. The predicted octanol–water partition coefficient (Wildman–Crippen LogP) is 1.85. The van der Waals surface area contributed by atoms with Crippen LogP contribution in [-0.4, -0.2) is 46.5 Å². The number of fused-ring (bicyclic) bond motifs is 1. The third kappa shape index (κ3) is 3.84. The highest BCUT2D eigenvalue weighted by molar-refractivity contribution is 6.31. The van der Waals surface area contributed by atoms with Gasteiger partial charge in [0, 0.05) is 30.6 Å². The Morgan fingerprint density at radius 3 is 2.64 bits per heavy atom. The van der Waals surface area contributed by atoms with Crippen LogP contribution in [0.5, 0.6) is 5.75 Å². The van der Waals surface area contributed by atoms with E-state index < -0.39 is 12.1 Å². The van der Waals surface area contributed by atoms with Gasteiger partial charge in [0.25, 0.3) is 0 Å². The van der Waals surface area contributed by atoms with Crippen LogP contribution in [0.4, 0.5) is 0 Å². The molecule has 0 saturated carbocycles. The Bertz CT molecular complexity index is 887. The molecule has 7 heteroatoms. The van der Waals surface area contributed by atoms with E-state index in [2.05, 4.69) is 10.6 Å². The standard InChI is InChI=1S/C21H22ClN3O3/c22-17-4-2-1-3-14(17)11-23-15-10-19-20(27)24-18(21(28)25(19)12-15)9-13-5-7-16(26)8-6-13/h1-8,15,18-19,23,26H,9-12H2,(H,24,27)/t15-,18+,19-/m0/s1. The lowest BCUT2D eigenvalue weighted by molar-refractivity contribution is -0.147. The molecule has 146 valence electrons. The molecule has 3 atom stereocenters. The van der Waals surface area contributed by atoms with E-state index in [0.717, 1.165) is 11.1 Å². The van der Waals surface area contributed by atoms with Crippen molar-refractivity contribution in [2.24, 2.45) is 0 Å². The Balaban J connectivity index is 1.40. The smallest absolute Gasteiger partial charge is 0.246 e. The van der Waals surface area contributed by atoms with E-state index in [-0.39, 0.29) is 23.6 Å². The molecule has 0 aromatic heterocycles. The van der Waals surface area contributed by atoms with Crippen LogP contribution in [-0.2, 0) is 22.6 Å². The Kier molecular flexibility index (Phi) is 5.24. The van der Waals surface area contributed by atoms with Gasteiger partial charge in [0.05, 0.1) is 0 Å². The number of carbonyl (C=O) groups is 2. The Hall–Kier alpha value is -2.57. The van der Waals surface area contributed by atoms with Crippen molar-refractivity contribution in [1.29, 1.82) is 0 Å². The van der Waals surface area contributed by atoms with Gasteiger partial charge in [-0.1, -0.05) is 41.9 Å². The summed E-state index contributed by atoms with van der Waals surface area (Å²) < 4.78 is 0. The van der Waals surface area contributed by atoms with E-state index in [1.807, 2.05) is 24.3 Å². The lowest BCUT2D eigenvalue weighted by atomic mass is 10.0. The fraction of sp³-hybridized carbons (Fsp3) is 0.333. The minimum Gasteiger partial charge on any atom is -0.508 e. The Labute approximate surface area is 168 Å². The second-order valence-corrected chi connectivity index (χ2v) is 7.75. The average Bonchev–Trinajstić information content (AvgIpc) is 3.12. The van der Waals surface area contributed by atoms with E-state index in [0.29, 0.717) is 31.0 Å². The zero-order chi connectivity index (χ0) is 19.7. The highest BCUT2D eigenvalue weighted by Gasteiger charge is 2.46. The van der Waals surface area contributed by atoms with Gasteiger partial charge in [0.2, 0.25) is 11.8 Å². The number of hydrogen-bond acceptors (Lipinski definition) is 4. The number of benzene rings is 2. The maximum Gasteiger partial charge on any atom is 0.246 e. The van der Waals surface area contributed by atoms with Crippen molar-refractivity contribution in [3.05, 3.63) is 64.7 Å². The van der Waals surface area contributed by atoms with E-state index in [4.69, 9.17) is 11.6 Å². The van der Waals surface area contributed by atoms with Crippen molar-refractivity contribution in [2.45, 2.75) is 37.5 Å². The number of nitrogens with one attached hydrogen (secondary N) is 2. The number of halogens is 1. The van der Waals surface area contributed by atoms with Gasteiger partial charge in [-0.3, -0.25) is 9.59 Å². The summed E-state index contributed by atoms with van der Waals surface area (Å²) in [7, 11) is 0. The van der Waals surface area contributed by atoms with Crippen molar-refractivity contribution >= 4 is 23.4 Å². The monoisotopic (exact) mass is 399 g/mol. The van der Waals surface area contributed by atoms with Crippen LogP contribution < -0.4 is 10.6 Å². The molecular weight excluding hydrogens is 378 g/mol. The van der Waals surface area contributed by atoms with Gasteiger partial charge >= 0.3 is 0 Å². The first-order valence-electron chi connectivity index (χ1n) is 9.37. The quantitative estimate of drug-likeness (QED) is 0.716. The summed E-state index contributed by atoms with van der Waals surface area (Å²) in [6, 6.07) is 13.4. The number of phenols is 1. The van der Waals surface area contributed by atoms with Gasteiger partial charge in [-0.15, -0.1) is 0 Å². The number of rotatable bonds is 5.